The average Bonchev–Trinajstić information content (AvgIpc) is 2.73. The van der Waals surface area contributed by atoms with E-state index in [1.54, 1.807) is 0 Å². The molecule has 0 saturated carbocycles. The van der Waals surface area contributed by atoms with Gasteiger partial charge in [-0.1, -0.05) is 0 Å². The number of carbonyl (C=O) groups is 3. The summed E-state index contributed by atoms with van der Waals surface area (Å²) >= 11 is 0. The zero-order valence-corrected chi connectivity index (χ0v) is 10.5. The number of esters is 3. The molecule has 0 spiro atoms. The molecule has 1 aliphatic heterocycles. The molecule has 3 atom stereocenters. The maximum atomic E-state index is 11.7. The van der Waals surface area contributed by atoms with Crippen molar-refractivity contribution in [2.45, 2.75) is 12.1 Å². The molecule has 0 aromatic rings. The molecule has 1 heterocycles. The predicted molar refractivity (Wildman–Crippen MR) is 56.0 cm³/mol. The van der Waals surface area contributed by atoms with Gasteiger partial charge in [0.1, 0.15) is 12.0 Å². The van der Waals surface area contributed by atoms with Crippen molar-refractivity contribution in [2.24, 2.45) is 5.92 Å². The van der Waals surface area contributed by atoms with Gasteiger partial charge in [-0.15, -0.1) is 0 Å². The van der Waals surface area contributed by atoms with Crippen LogP contribution in [0, 0.1) is 5.92 Å². The summed E-state index contributed by atoms with van der Waals surface area (Å²) in [6.07, 6.45) is -1.23. The third-order valence-corrected chi connectivity index (χ3v) is 2.69. The molecule has 0 aromatic carbocycles. The van der Waals surface area contributed by atoms with E-state index in [1.807, 2.05) is 0 Å². The van der Waals surface area contributed by atoms with Crippen molar-refractivity contribution < 1.29 is 33.4 Å². The maximum absolute atomic E-state index is 11.7. The van der Waals surface area contributed by atoms with Gasteiger partial charge in [0, 0.05) is 7.05 Å². The van der Waals surface area contributed by atoms with Gasteiger partial charge in [0.2, 0.25) is 0 Å². The lowest BCUT2D eigenvalue weighted by atomic mass is 9.95. The number of likely N-dealkylation sites (N-methyl/N-ethyl adjacent to an activating group) is 1. The number of ether oxygens (including phenoxy) is 3. The Bertz CT molecular complexity index is 356. The lowest BCUT2D eigenvalue weighted by Gasteiger charge is -2.18. The summed E-state index contributed by atoms with van der Waals surface area (Å²) in [5.41, 5.74) is 0. The highest BCUT2D eigenvalue weighted by Gasteiger charge is 2.54. The van der Waals surface area contributed by atoms with Crippen LogP contribution in [0.25, 0.3) is 0 Å². The average molecular weight is 261 g/mol. The smallest absolute Gasteiger partial charge is 0.338 e. The largest absolute Gasteiger partial charge is 0.469 e. The second kappa shape index (κ2) is 5.78. The molecular formula is C10H15NO7. The first kappa shape index (κ1) is 14.4. The summed E-state index contributed by atoms with van der Waals surface area (Å²) in [5, 5.41) is 1.09. The molecule has 0 unspecified atom stereocenters. The molecule has 1 fully saturated rings. The summed E-state index contributed by atoms with van der Waals surface area (Å²) in [7, 11) is 4.91. The summed E-state index contributed by atoms with van der Waals surface area (Å²) < 4.78 is 13.7. The van der Waals surface area contributed by atoms with Gasteiger partial charge in [-0.2, -0.15) is 5.06 Å². The molecule has 0 aliphatic carbocycles. The van der Waals surface area contributed by atoms with Gasteiger partial charge in [0.15, 0.2) is 6.10 Å². The highest BCUT2D eigenvalue weighted by Crippen LogP contribution is 2.29. The van der Waals surface area contributed by atoms with Crippen LogP contribution in [0.5, 0.6) is 0 Å². The lowest BCUT2D eigenvalue weighted by Crippen LogP contribution is -2.44. The Kier molecular flexibility index (Phi) is 4.62. The second-order valence-corrected chi connectivity index (χ2v) is 3.61. The van der Waals surface area contributed by atoms with E-state index in [4.69, 9.17) is 4.84 Å². The van der Waals surface area contributed by atoms with Gasteiger partial charge in [0.25, 0.3) is 0 Å². The van der Waals surface area contributed by atoms with Crippen LogP contribution >= 0.6 is 0 Å². The molecule has 0 aromatic heterocycles. The number of hydroxylamine groups is 2. The van der Waals surface area contributed by atoms with E-state index in [9.17, 15) is 14.4 Å². The van der Waals surface area contributed by atoms with Crippen molar-refractivity contribution in [3.8, 4) is 0 Å². The summed E-state index contributed by atoms with van der Waals surface area (Å²) in [6.45, 7) is 0. The van der Waals surface area contributed by atoms with Crippen LogP contribution in [0.15, 0.2) is 0 Å². The molecule has 8 nitrogen and oxygen atoms in total. The van der Waals surface area contributed by atoms with E-state index in [2.05, 4.69) is 14.2 Å². The minimum atomic E-state index is -1.23. The Morgan fingerprint density at radius 2 is 1.44 bits per heavy atom. The zero-order chi connectivity index (χ0) is 13.9. The summed E-state index contributed by atoms with van der Waals surface area (Å²) in [6, 6.07) is -1.05. The summed E-state index contributed by atoms with van der Waals surface area (Å²) in [4.78, 5) is 39.9. The SMILES string of the molecule is COC(=O)[C@H]1[C@@H](C(=O)OC)ON(C)[C@@H]1C(=O)OC. The first-order chi connectivity index (χ1) is 8.47. The normalized spacial score (nSPS) is 27.7. The van der Waals surface area contributed by atoms with E-state index in [1.165, 1.54) is 14.2 Å². The summed E-state index contributed by atoms with van der Waals surface area (Å²) in [5.74, 6) is -3.33. The fourth-order valence-corrected chi connectivity index (χ4v) is 1.81. The van der Waals surface area contributed by atoms with E-state index in [0.29, 0.717) is 0 Å². The quantitative estimate of drug-likeness (QED) is 0.459. The Morgan fingerprint density at radius 3 is 1.89 bits per heavy atom. The van der Waals surface area contributed by atoms with E-state index in [-0.39, 0.29) is 0 Å². The molecule has 0 radical (unpaired) electrons. The maximum Gasteiger partial charge on any atom is 0.338 e. The van der Waals surface area contributed by atoms with Crippen LogP contribution in [-0.4, -0.2) is 63.5 Å². The highest BCUT2D eigenvalue weighted by atomic mass is 16.7. The van der Waals surface area contributed by atoms with Crippen LogP contribution in [0.4, 0.5) is 0 Å². The Balaban J connectivity index is 3.06. The number of carbonyl (C=O) groups excluding carboxylic acids is 3. The minimum Gasteiger partial charge on any atom is -0.469 e. The number of rotatable bonds is 3. The number of hydrogen-bond acceptors (Lipinski definition) is 8. The third-order valence-electron chi connectivity index (χ3n) is 2.69. The second-order valence-electron chi connectivity index (χ2n) is 3.61. The monoisotopic (exact) mass is 261 g/mol. The van der Waals surface area contributed by atoms with Gasteiger partial charge in [-0.3, -0.25) is 14.4 Å². The number of nitrogens with zero attached hydrogens (tertiary/aromatic N) is 1. The van der Waals surface area contributed by atoms with Gasteiger partial charge in [0.05, 0.1) is 21.3 Å². The molecule has 1 saturated heterocycles. The van der Waals surface area contributed by atoms with Crippen molar-refractivity contribution in [1.29, 1.82) is 0 Å². The van der Waals surface area contributed by atoms with Gasteiger partial charge < -0.3 is 14.2 Å². The fraction of sp³-hybridized carbons (Fsp3) is 0.700. The van der Waals surface area contributed by atoms with E-state index >= 15 is 0 Å². The number of hydrogen-bond donors (Lipinski definition) is 0. The van der Waals surface area contributed by atoms with Crippen LogP contribution in [-0.2, 0) is 33.4 Å². The predicted octanol–water partition coefficient (Wildman–Crippen LogP) is -1.26. The van der Waals surface area contributed by atoms with Crippen LogP contribution in [0.3, 0.4) is 0 Å². The first-order valence-corrected chi connectivity index (χ1v) is 5.11. The topological polar surface area (TPSA) is 91.4 Å². The van der Waals surface area contributed by atoms with Gasteiger partial charge in [-0.05, 0) is 0 Å². The first-order valence-electron chi connectivity index (χ1n) is 5.11. The molecule has 18 heavy (non-hydrogen) atoms. The minimum absolute atomic E-state index is 0.695. The third kappa shape index (κ3) is 2.44. The molecule has 0 bridgehead atoms. The fourth-order valence-electron chi connectivity index (χ4n) is 1.81. The van der Waals surface area contributed by atoms with Crippen molar-refractivity contribution in [1.82, 2.24) is 5.06 Å². The van der Waals surface area contributed by atoms with E-state index in [0.717, 1.165) is 19.3 Å². The standard InChI is InChI=1S/C10H15NO7/c1-11-6(9(13)16-3)5(8(12)15-2)7(18-11)10(14)17-4/h5-7H,1-4H3/t5-,6+,7+/m1/s1. The molecule has 102 valence electrons. The Labute approximate surface area is 104 Å². The Morgan fingerprint density at radius 1 is 0.944 bits per heavy atom. The molecule has 0 N–H and O–H groups in total. The van der Waals surface area contributed by atoms with Crippen LogP contribution in [0.1, 0.15) is 0 Å². The number of methoxy groups -OCH3 is 3. The molecule has 8 heteroatoms. The van der Waals surface area contributed by atoms with Crippen molar-refractivity contribution in [2.75, 3.05) is 28.4 Å². The van der Waals surface area contributed by atoms with Gasteiger partial charge in [-0.25, -0.2) is 4.79 Å². The Hall–Kier alpha value is -1.67. The molecular weight excluding hydrogens is 246 g/mol. The van der Waals surface area contributed by atoms with Crippen molar-refractivity contribution in [3.63, 3.8) is 0 Å². The zero-order valence-electron chi connectivity index (χ0n) is 10.5. The molecule has 0 amide bonds. The lowest BCUT2D eigenvalue weighted by molar-refractivity contribution is -0.186. The van der Waals surface area contributed by atoms with Gasteiger partial charge >= 0.3 is 17.9 Å². The molecule has 1 rings (SSSR count). The highest BCUT2D eigenvalue weighted by molar-refractivity contribution is 5.90. The van der Waals surface area contributed by atoms with Crippen molar-refractivity contribution >= 4 is 17.9 Å². The van der Waals surface area contributed by atoms with E-state index < -0.39 is 36.0 Å². The van der Waals surface area contributed by atoms with Crippen molar-refractivity contribution in [3.05, 3.63) is 0 Å². The molecule has 1 aliphatic rings. The van der Waals surface area contributed by atoms with Crippen LogP contribution < -0.4 is 0 Å². The van der Waals surface area contributed by atoms with Crippen LogP contribution in [0.2, 0.25) is 0 Å².